The molecule has 2 N–H and O–H groups in total. The summed E-state index contributed by atoms with van der Waals surface area (Å²) in [6.07, 6.45) is 0. The number of aromatic hydroxyl groups is 1. The van der Waals surface area contributed by atoms with Gasteiger partial charge in [-0.1, -0.05) is 0 Å². The lowest BCUT2D eigenvalue weighted by Crippen LogP contribution is -2.00. The molecule has 0 bridgehead atoms. The molecule has 0 saturated heterocycles. The van der Waals surface area contributed by atoms with E-state index in [0.29, 0.717) is 10.9 Å². The zero-order valence-electron chi connectivity index (χ0n) is 7.87. The van der Waals surface area contributed by atoms with Gasteiger partial charge in [0.15, 0.2) is 11.6 Å². The van der Waals surface area contributed by atoms with Crippen molar-refractivity contribution in [2.45, 2.75) is 0 Å². The second-order valence-electron chi connectivity index (χ2n) is 3.07. The summed E-state index contributed by atoms with van der Waals surface area (Å²) >= 11 is 0. The second-order valence-corrected chi connectivity index (χ2v) is 3.07. The molecule has 0 saturated carbocycles. The van der Waals surface area contributed by atoms with Gasteiger partial charge in [0.05, 0.1) is 7.11 Å². The number of carbonyl (C=O) groups excluding carboxylic acids is 1. The van der Waals surface area contributed by atoms with Crippen LogP contribution in [0.2, 0.25) is 0 Å². The number of hydrogen-bond acceptors (Lipinski definition) is 3. The normalized spacial score (nSPS) is 10.5. The molecule has 1 aromatic heterocycles. The van der Waals surface area contributed by atoms with Gasteiger partial charge in [-0.05, 0) is 12.1 Å². The van der Waals surface area contributed by atoms with Gasteiger partial charge in [-0.15, -0.1) is 0 Å². The van der Waals surface area contributed by atoms with Crippen molar-refractivity contribution in [3.8, 4) is 5.75 Å². The van der Waals surface area contributed by atoms with Crippen molar-refractivity contribution in [3.05, 3.63) is 29.7 Å². The van der Waals surface area contributed by atoms with E-state index in [9.17, 15) is 9.18 Å². The number of esters is 1. The van der Waals surface area contributed by atoms with Crippen molar-refractivity contribution < 1.29 is 19.0 Å². The van der Waals surface area contributed by atoms with E-state index in [0.717, 1.165) is 6.07 Å². The summed E-state index contributed by atoms with van der Waals surface area (Å²) in [6, 6.07) is 3.83. The number of ether oxygens (including phenoxy) is 1. The molecule has 0 amide bonds. The van der Waals surface area contributed by atoms with Crippen molar-refractivity contribution >= 4 is 16.9 Å². The van der Waals surface area contributed by atoms with E-state index < -0.39 is 17.5 Å². The Morgan fingerprint density at radius 3 is 2.87 bits per heavy atom. The first-order valence-corrected chi connectivity index (χ1v) is 4.21. The number of fused-ring (bicyclic) bond motifs is 1. The lowest BCUT2D eigenvalue weighted by Gasteiger charge is -1.94. The Kier molecular flexibility index (Phi) is 2.07. The number of phenolic OH excluding ortho intramolecular Hbond substituents is 1. The summed E-state index contributed by atoms with van der Waals surface area (Å²) in [7, 11) is 1.26. The lowest BCUT2D eigenvalue weighted by atomic mass is 10.2. The Morgan fingerprint density at radius 1 is 1.47 bits per heavy atom. The highest BCUT2D eigenvalue weighted by atomic mass is 19.1. The van der Waals surface area contributed by atoms with E-state index in [-0.39, 0.29) is 5.69 Å². The standard InChI is InChI=1S/C10H8FNO3/c1-15-10(14)8-3-5-2-6(11)9(13)4-7(5)12-8/h2-4,12-13H,1H3. The number of nitrogens with one attached hydrogen (secondary N) is 1. The Morgan fingerprint density at radius 2 is 2.20 bits per heavy atom. The van der Waals surface area contributed by atoms with Crippen molar-refractivity contribution in [1.29, 1.82) is 0 Å². The van der Waals surface area contributed by atoms with E-state index in [2.05, 4.69) is 9.72 Å². The molecular formula is C10H8FNO3. The van der Waals surface area contributed by atoms with Crippen molar-refractivity contribution in [1.82, 2.24) is 4.98 Å². The van der Waals surface area contributed by atoms with Crippen molar-refractivity contribution in [2.75, 3.05) is 7.11 Å². The van der Waals surface area contributed by atoms with Crippen molar-refractivity contribution in [3.63, 3.8) is 0 Å². The Balaban J connectivity index is 2.61. The van der Waals surface area contributed by atoms with E-state index in [1.54, 1.807) is 0 Å². The average molecular weight is 209 g/mol. The number of methoxy groups -OCH3 is 1. The van der Waals surface area contributed by atoms with E-state index in [1.165, 1.54) is 19.2 Å². The summed E-state index contributed by atoms with van der Waals surface area (Å²) in [5.41, 5.74) is 0.701. The van der Waals surface area contributed by atoms with Crippen LogP contribution in [0.5, 0.6) is 5.75 Å². The maximum atomic E-state index is 13.0. The van der Waals surface area contributed by atoms with Gasteiger partial charge < -0.3 is 14.8 Å². The van der Waals surface area contributed by atoms with Crippen LogP contribution in [0.25, 0.3) is 10.9 Å². The number of carbonyl (C=O) groups is 1. The number of benzene rings is 1. The minimum Gasteiger partial charge on any atom is -0.505 e. The summed E-state index contributed by atoms with van der Waals surface area (Å²) in [6.45, 7) is 0. The van der Waals surface area contributed by atoms with Crippen molar-refractivity contribution in [2.24, 2.45) is 0 Å². The van der Waals surface area contributed by atoms with Gasteiger partial charge in [-0.25, -0.2) is 9.18 Å². The summed E-state index contributed by atoms with van der Waals surface area (Å²) < 4.78 is 17.5. The molecule has 0 aliphatic carbocycles. The molecule has 0 fully saturated rings. The van der Waals surface area contributed by atoms with Crippen LogP contribution in [-0.4, -0.2) is 23.2 Å². The highest BCUT2D eigenvalue weighted by molar-refractivity contribution is 5.95. The van der Waals surface area contributed by atoms with Gasteiger partial charge in [0.1, 0.15) is 5.69 Å². The van der Waals surface area contributed by atoms with Crippen LogP contribution in [-0.2, 0) is 4.74 Å². The predicted octanol–water partition coefficient (Wildman–Crippen LogP) is 1.80. The average Bonchev–Trinajstić information content (AvgIpc) is 2.60. The monoisotopic (exact) mass is 209 g/mol. The smallest absolute Gasteiger partial charge is 0.354 e. The molecule has 0 unspecified atom stereocenters. The molecule has 15 heavy (non-hydrogen) atoms. The highest BCUT2D eigenvalue weighted by Crippen LogP contribution is 2.24. The molecule has 0 aliphatic heterocycles. The largest absolute Gasteiger partial charge is 0.505 e. The first-order chi connectivity index (χ1) is 7.11. The fraction of sp³-hybridized carbons (Fsp3) is 0.100. The van der Waals surface area contributed by atoms with Crippen LogP contribution in [0.15, 0.2) is 18.2 Å². The Hall–Kier alpha value is -2.04. The quantitative estimate of drug-likeness (QED) is 0.704. The number of halogens is 1. The maximum absolute atomic E-state index is 13.0. The number of hydrogen-bond donors (Lipinski definition) is 2. The maximum Gasteiger partial charge on any atom is 0.354 e. The second kappa shape index (κ2) is 3.27. The minimum atomic E-state index is -0.724. The SMILES string of the molecule is COC(=O)c1cc2cc(F)c(O)cc2[nH]1. The number of phenols is 1. The molecule has 1 heterocycles. The predicted molar refractivity (Wildman–Crippen MR) is 51.3 cm³/mol. The first kappa shape index (κ1) is 9.51. The van der Waals surface area contributed by atoms with Crippen LogP contribution in [0.4, 0.5) is 4.39 Å². The molecule has 5 heteroatoms. The van der Waals surface area contributed by atoms with Crippen LogP contribution in [0.3, 0.4) is 0 Å². The molecule has 4 nitrogen and oxygen atoms in total. The number of aromatic amines is 1. The number of H-pyrrole nitrogens is 1. The lowest BCUT2D eigenvalue weighted by molar-refractivity contribution is 0.0595. The third-order valence-corrected chi connectivity index (χ3v) is 2.09. The topological polar surface area (TPSA) is 62.3 Å². The van der Waals surface area contributed by atoms with Gasteiger partial charge >= 0.3 is 5.97 Å². The van der Waals surface area contributed by atoms with Crippen LogP contribution in [0, 0.1) is 5.82 Å². The van der Waals surface area contributed by atoms with Gasteiger partial charge in [0, 0.05) is 17.0 Å². The Labute approximate surface area is 84.3 Å². The number of rotatable bonds is 1. The molecule has 2 aromatic rings. The minimum absolute atomic E-state index is 0.220. The fourth-order valence-corrected chi connectivity index (χ4v) is 1.36. The van der Waals surface area contributed by atoms with E-state index >= 15 is 0 Å². The van der Waals surface area contributed by atoms with E-state index in [1.807, 2.05) is 0 Å². The van der Waals surface area contributed by atoms with E-state index in [4.69, 9.17) is 5.11 Å². The van der Waals surface area contributed by atoms with Gasteiger partial charge in [-0.3, -0.25) is 0 Å². The summed E-state index contributed by atoms with van der Waals surface area (Å²) in [5, 5.41) is 9.62. The molecular weight excluding hydrogens is 201 g/mol. The Bertz CT molecular complexity index is 494. The summed E-state index contributed by atoms with van der Waals surface area (Å²) in [5.74, 6) is -1.72. The van der Waals surface area contributed by atoms with Gasteiger partial charge in [0.25, 0.3) is 0 Å². The zero-order chi connectivity index (χ0) is 11.0. The molecule has 0 aliphatic rings. The fourth-order valence-electron chi connectivity index (χ4n) is 1.36. The van der Waals surface area contributed by atoms with Crippen LogP contribution in [0.1, 0.15) is 10.5 Å². The van der Waals surface area contributed by atoms with Crippen LogP contribution < -0.4 is 0 Å². The highest BCUT2D eigenvalue weighted by Gasteiger charge is 2.11. The number of aromatic nitrogens is 1. The first-order valence-electron chi connectivity index (χ1n) is 4.21. The molecule has 0 radical (unpaired) electrons. The molecule has 0 atom stereocenters. The zero-order valence-corrected chi connectivity index (χ0v) is 7.87. The molecule has 2 rings (SSSR count). The van der Waals surface area contributed by atoms with Gasteiger partial charge in [0.2, 0.25) is 0 Å². The van der Waals surface area contributed by atoms with Crippen LogP contribution >= 0.6 is 0 Å². The molecule has 0 spiro atoms. The summed E-state index contributed by atoms with van der Waals surface area (Å²) in [4.78, 5) is 13.9. The van der Waals surface area contributed by atoms with Gasteiger partial charge in [-0.2, -0.15) is 0 Å². The third kappa shape index (κ3) is 1.52. The molecule has 78 valence electrons. The third-order valence-electron chi connectivity index (χ3n) is 2.09. The molecule has 1 aromatic carbocycles.